The molecule has 0 fully saturated rings. The van der Waals surface area contributed by atoms with Crippen molar-refractivity contribution in [3.05, 3.63) is 35.4 Å². The van der Waals surface area contributed by atoms with E-state index in [4.69, 9.17) is 0 Å². The number of carboxylic acid groups (broad SMARTS) is 1. The van der Waals surface area contributed by atoms with Crippen molar-refractivity contribution in [3.63, 3.8) is 0 Å². The molecule has 0 spiro atoms. The number of aryl methyl sites for hydroxylation is 1. The summed E-state index contributed by atoms with van der Waals surface area (Å²) in [6.45, 7) is 2.01. The van der Waals surface area contributed by atoms with E-state index < -0.39 is 10.7 Å². The second kappa shape index (κ2) is 3.89. The third-order valence-electron chi connectivity index (χ3n) is 2.94. The van der Waals surface area contributed by atoms with Crippen LogP contribution in [0.4, 0.5) is 0 Å². The van der Waals surface area contributed by atoms with Crippen LogP contribution in [0, 0.1) is 0 Å². The number of fused-ring (bicyclic) bond motifs is 1. The molecule has 2 rings (SSSR count). The van der Waals surface area contributed by atoms with E-state index in [-0.39, 0.29) is 0 Å². The Labute approximate surface area is 93.7 Å². The van der Waals surface area contributed by atoms with Crippen LogP contribution in [0.15, 0.2) is 24.3 Å². The molecule has 1 N–H and O–H groups in total. The number of rotatable bonds is 3. The first kappa shape index (κ1) is 10.6. The standard InChI is InChI=1S/C12H14O2S/c1-2-15-12(11(13)14)8-7-9-5-3-4-6-10(9)12/h3-6H,2,7-8H2,1H3,(H,13,14). The van der Waals surface area contributed by atoms with Gasteiger partial charge in [-0.25, -0.2) is 0 Å². The van der Waals surface area contributed by atoms with Gasteiger partial charge < -0.3 is 5.11 Å². The van der Waals surface area contributed by atoms with Gasteiger partial charge in [-0.05, 0) is 29.7 Å². The fraction of sp³-hybridized carbons (Fsp3) is 0.417. The van der Waals surface area contributed by atoms with Gasteiger partial charge in [0.2, 0.25) is 0 Å². The van der Waals surface area contributed by atoms with Crippen LogP contribution in [0.2, 0.25) is 0 Å². The number of benzene rings is 1. The van der Waals surface area contributed by atoms with Gasteiger partial charge in [-0.2, -0.15) is 0 Å². The fourth-order valence-electron chi connectivity index (χ4n) is 2.26. The molecule has 0 aromatic heterocycles. The van der Waals surface area contributed by atoms with Gasteiger partial charge in [0.1, 0.15) is 4.75 Å². The first-order chi connectivity index (χ1) is 7.20. The van der Waals surface area contributed by atoms with Gasteiger partial charge in [-0.15, -0.1) is 11.8 Å². The highest BCUT2D eigenvalue weighted by molar-refractivity contribution is 8.00. The summed E-state index contributed by atoms with van der Waals surface area (Å²) in [6.07, 6.45) is 1.61. The summed E-state index contributed by atoms with van der Waals surface area (Å²) in [4.78, 5) is 11.5. The molecule has 15 heavy (non-hydrogen) atoms. The molecular weight excluding hydrogens is 208 g/mol. The summed E-state index contributed by atoms with van der Waals surface area (Å²) in [5.74, 6) is 0.139. The Morgan fingerprint density at radius 1 is 1.53 bits per heavy atom. The zero-order valence-electron chi connectivity index (χ0n) is 8.69. The lowest BCUT2D eigenvalue weighted by Crippen LogP contribution is -2.29. The molecule has 0 heterocycles. The largest absolute Gasteiger partial charge is 0.480 e. The van der Waals surface area contributed by atoms with Crippen molar-refractivity contribution in [2.24, 2.45) is 0 Å². The van der Waals surface area contributed by atoms with Gasteiger partial charge in [-0.3, -0.25) is 4.79 Å². The maximum atomic E-state index is 11.5. The normalized spacial score (nSPS) is 23.8. The topological polar surface area (TPSA) is 37.3 Å². The second-order valence-electron chi connectivity index (χ2n) is 3.72. The summed E-state index contributed by atoms with van der Waals surface area (Å²) in [5.41, 5.74) is 2.20. The SMILES string of the molecule is CCSC1(C(=O)O)CCc2ccccc21. The minimum atomic E-state index is -0.695. The Morgan fingerprint density at radius 3 is 2.93 bits per heavy atom. The molecule has 1 aliphatic carbocycles. The van der Waals surface area contributed by atoms with Crippen molar-refractivity contribution in [2.45, 2.75) is 24.5 Å². The van der Waals surface area contributed by atoms with Crippen molar-refractivity contribution < 1.29 is 9.90 Å². The van der Waals surface area contributed by atoms with E-state index >= 15 is 0 Å². The van der Waals surface area contributed by atoms with E-state index in [0.29, 0.717) is 0 Å². The number of aliphatic carboxylic acids is 1. The zero-order valence-corrected chi connectivity index (χ0v) is 9.51. The molecular formula is C12H14O2S. The Morgan fingerprint density at radius 2 is 2.27 bits per heavy atom. The molecule has 80 valence electrons. The summed E-state index contributed by atoms with van der Waals surface area (Å²) < 4.78 is -0.689. The molecule has 0 radical (unpaired) electrons. The highest BCUT2D eigenvalue weighted by atomic mass is 32.2. The van der Waals surface area contributed by atoms with Crippen molar-refractivity contribution in [2.75, 3.05) is 5.75 Å². The fourth-order valence-corrected chi connectivity index (χ4v) is 3.48. The highest BCUT2D eigenvalue weighted by Crippen LogP contribution is 2.47. The van der Waals surface area contributed by atoms with Crippen LogP contribution in [0.25, 0.3) is 0 Å². The predicted octanol–water partition coefficient (Wildman–Crippen LogP) is 2.67. The van der Waals surface area contributed by atoms with Gasteiger partial charge in [0, 0.05) is 0 Å². The van der Waals surface area contributed by atoms with Crippen LogP contribution in [0.5, 0.6) is 0 Å². The second-order valence-corrected chi connectivity index (χ2v) is 5.29. The maximum absolute atomic E-state index is 11.5. The molecule has 0 bridgehead atoms. The van der Waals surface area contributed by atoms with Crippen molar-refractivity contribution in [3.8, 4) is 0 Å². The smallest absolute Gasteiger partial charge is 0.324 e. The monoisotopic (exact) mass is 222 g/mol. The van der Waals surface area contributed by atoms with Crippen LogP contribution < -0.4 is 0 Å². The average molecular weight is 222 g/mol. The van der Waals surface area contributed by atoms with Crippen molar-refractivity contribution >= 4 is 17.7 Å². The van der Waals surface area contributed by atoms with E-state index in [0.717, 1.165) is 24.2 Å². The van der Waals surface area contributed by atoms with E-state index in [1.54, 1.807) is 0 Å². The molecule has 3 heteroatoms. The van der Waals surface area contributed by atoms with Crippen LogP contribution in [0.1, 0.15) is 24.5 Å². The Hall–Kier alpha value is -0.960. The molecule has 1 aromatic rings. The molecule has 1 atom stereocenters. The van der Waals surface area contributed by atoms with E-state index in [9.17, 15) is 9.90 Å². The molecule has 2 nitrogen and oxygen atoms in total. The quantitative estimate of drug-likeness (QED) is 0.854. The van der Waals surface area contributed by atoms with Crippen LogP contribution in [-0.2, 0) is 16.0 Å². The Kier molecular flexibility index (Phi) is 2.74. The van der Waals surface area contributed by atoms with E-state index in [2.05, 4.69) is 0 Å². The van der Waals surface area contributed by atoms with E-state index in [1.165, 1.54) is 17.3 Å². The van der Waals surface area contributed by atoms with Gasteiger partial charge in [0.25, 0.3) is 0 Å². The molecule has 1 unspecified atom stereocenters. The van der Waals surface area contributed by atoms with Gasteiger partial charge in [0.05, 0.1) is 0 Å². The lowest BCUT2D eigenvalue weighted by Gasteiger charge is -2.24. The first-order valence-corrected chi connectivity index (χ1v) is 6.15. The minimum absolute atomic E-state index is 0.689. The summed E-state index contributed by atoms with van der Waals surface area (Å²) in [6, 6.07) is 7.90. The van der Waals surface area contributed by atoms with Crippen molar-refractivity contribution in [1.29, 1.82) is 0 Å². The molecule has 1 aromatic carbocycles. The lowest BCUT2D eigenvalue weighted by molar-refractivity contribution is -0.140. The number of carbonyl (C=O) groups is 1. The predicted molar refractivity (Wildman–Crippen MR) is 62.2 cm³/mol. The number of hydrogen-bond acceptors (Lipinski definition) is 2. The van der Waals surface area contributed by atoms with Gasteiger partial charge in [0.15, 0.2) is 0 Å². The number of thioether (sulfide) groups is 1. The van der Waals surface area contributed by atoms with Crippen LogP contribution in [0.3, 0.4) is 0 Å². The summed E-state index contributed by atoms with van der Waals surface area (Å²) >= 11 is 1.54. The zero-order chi connectivity index (χ0) is 10.9. The molecule has 0 saturated carbocycles. The van der Waals surface area contributed by atoms with Gasteiger partial charge in [-0.1, -0.05) is 31.2 Å². The third kappa shape index (κ3) is 1.55. The Balaban J connectivity index is 2.49. The third-order valence-corrected chi connectivity index (χ3v) is 4.32. The lowest BCUT2D eigenvalue weighted by atomic mass is 10.0. The van der Waals surface area contributed by atoms with Crippen LogP contribution in [-0.4, -0.2) is 16.8 Å². The molecule has 1 aliphatic rings. The Bertz CT molecular complexity index is 385. The maximum Gasteiger partial charge on any atom is 0.324 e. The van der Waals surface area contributed by atoms with Crippen LogP contribution >= 0.6 is 11.8 Å². The summed E-state index contributed by atoms with van der Waals surface area (Å²) in [7, 11) is 0. The summed E-state index contributed by atoms with van der Waals surface area (Å²) in [5, 5.41) is 9.42. The minimum Gasteiger partial charge on any atom is -0.480 e. The molecule has 0 amide bonds. The number of carboxylic acids is 1. The molecule has 0 aliphatic heterocycles. The average Bonchev–Trinajstić information content (AvgIpc) is 2.60. The number of hydrogen-bond donors (Lipinski definition) is 1. The van der Waals surface area contributed by atoms with Crippen molar-refractivity contribution in [1.82, 2.24) is 0 Å². The van der Waals surface area contributed by atoms with Gasteiger partial charge >= 0.3 is 5.97 Å². The highest BCUT2D eigenvalue weighted by Gasteiger charge is 2.45. The van der Waals surface area contributed by atoms with E-state index in [1.807, 2.05) is 31.2 Å². The molecule has 0 saturated heterocycles. The first-order valence-electron chi connectivity index (χ1n) is 5.16.